The predicted octanol–water partition coefficient (Wildman–Crippen LogP) is 4.98. The molecule has 11 nitrogen and oxygen atoms in total. The quantitative estimate of drug-likeness (QED) is 0.171. The molecular weight excluding hydrogens is 679 g/mol. The molecule has 0 N–H and O–H groups in total. The zero-order valence-corrected chi connectivity index (χ0v) is 28.0. The summed E-state index contributed by atoms with van der Waals surface area (Å²) in [5.74, 6) is -3.22. The number of nitrogens with zero attached hydrogens (tertiary/aromatic N) is 3. The van der Waals surface area contributed by atoms with Crippen molar-refractivity contribution in [2.75, 3.05) is 25.2 Å². The van der Waals surface area contributed by atoms with Gasteiger partial charge >= 0.3 is 24.1 Å². The van der Waals surface area contributed by atoms with Gasteiger partial charge < -0.3 is 23.7 Å². The first-order chi connectivity index (χ1) is 23.8. The minimum Gasteiger partial charge on any atom is -0.588 e. The molecule has 4 atom stereocenters. The maximum absolute atomic E-state index is 14.6. The normalized spacial score (nSPS) is 22.2. The van der Waals surface area contributed by atoms with Crippen molar-refractivity contribution in [1.82, 2.24) is 4.31 Å². The first-order valence-electron chi connectivity index (χ1n) is 15.7. The molecule has 3 aliphatic heterocycles. The number of methoxy groups -OCH3 is 1. The summed E-state index contributed by atoms with van der Waals surface area (Å²) in [5, 5.41) is 0. The van der Waals surface area contributed by atoms with Gasteiger partial charge in [0, 0.05) is 18.7 Å². The molecule has 6 rings (SSSR count). The van der Waals surface area contributed by atoms with Gasteiger partial charge in [-0.05, 0) is 55.3 Å². The highest BCUT2D eigenvalue weighted by Gasteiger charge is 2.70. The second kappa shape index (κ2) is 13.0. The van der Waals surface area contributed by atoms with E-state index >= 15 is 0 Å². The first kappa shape index (κ1) is 34.8. The van der Waals surface area contributed by atoms with Crippen LogP contribution in [0.4, 0.5) is 18.9 Å². The number of esters is 3. The number of benzene rings is 3. The summed E-state index contributed by atoms with van der Waals surface area (Å²) in [6, 6.07) is 16.2. The lowest BCUT2D eigenvalue weighted by atomic mass is 9.69. The van der Waals surface area contributed by atoms with Gasteiger partial charge in [0.15, 0.2) is 32.9 Å². The second-order valence-corrected chi connectivity index (χ2v) is 13.5. The van der Waals surface area contributed by atoms with Crippen LogP contribution < -0.4 is 4.90 Å². The van der Waals surface area contributed by atoms with Gasteiger partial charge in [-0.15, -0.1) is 0 Å². The molecule has 0 bridgehead atoms. The third kappa shape index (κ3) is 5.54. The zero-order chi connectivity index (χ0) is 36.0. The number of anilines is 1. The van der Waals surface area contributed by atoms with Crippen molar-refractivity contribution in [3.05, 3.63) is 107 Å². The Hall–Kier alpha value is -5.02. The number of fused-ring (bicyclic) bond motifs is 1. The number of carbonyl (C=O) groups is 3. The maximum Gasteiger partial charge on any atom is 0.416 e. The van der Waals surface area contributed by atoms with Crippen molar-refractivity contribution in [1.29, 1.82) is 0 Å². The summed E-state index contributed by atoms with van der Waals surface area (Å²) in [4.78, 5) is 47.1. The van der Waals surface area contributed by atoms with E-state index in [1.807, 2.05) is 35.2 Å². The van der Waals surface area contributed by atoms with Gasteiger partial charge in [0.1, 0.15) is 0 Å². The summed E-state index contributed by atoms with van der Waals surface area (Å²) in [6.07, 6.45) is -5.04. The van der Waals surface area contributed by atoms with E-state index in [9.17, 15) is 36.3 Å². The van der Waals surface area contributed by atoms with Gasteiger partial charge in [-0.1, -0.05) is 52.7 Å². The van der Waals surface area contributed by atoms with E-state index in [-0.39, 0.29) is 37.6 Å². The fourth-order valence-corrected chi connectivity index (χ4v) is 8.68. The van der Waals surface area contributed by atoms with E-state index in [2.05, 4.69) is 4.99 Å². The molecule has 0 saturated carbocycles. The lowest BCUT2D eigenvalue weighted by Crippen LogP contribution is -2.56. The van der Waals surface area contributed by atoms with Crippen LogP contribution in [-0.2, 0) is 61.3 Å². The van der Waals surface area contributed by atoms with Gasteiger partial charge in [-0.3, -0.25) is 0 Å². The molecule has 262 valence electrons. The third-order valence-electron chi connectivity index (χ3n) is 9.00. The van der Waals surface area contributed by atoms with Crippen LogP contribution in [0.25, 0.3) is 0 Å². The van der Waals surface area contributed by atoms with Crippen molar-refractivity contribution in [3.63, 3.8) is 0 Å². The topological polar surface area (TPSA) is 138 Å². The molecule has 0 aliphatic carbocycles. The zero-order valence-electron chi connectivity index (χ0n) is 27.1. The van der Waals surface area contributed by atoms with Crippen LogP contribution in [-0.4, -0.2) is 65.0 Å². The van der Waals surface area contributed by atoms with Crippen LogP contribution in [0.1, 0.15) is 37.0 Å². The van der Waals surface area contributed by atoms with Crippen LogP contribution in [0, 0.1) is 0 Å². The number of ether oxygens (including phenoxy) is 3. The molecule has 1 saturated heterocycles. The predicted molar refractivity (Wildman–Crippen MR) is 173 cm³/mol. The minimum absolute atomic E-state index is 0.0699. The number of alkyl halides is 3. The third-order valence-corrected chi connectivity index (χ3v) is 10.8. The maximum atomic E-state index is 14.6. The molecule has 0 radical (unpaired) electrons. The number of aliphatic imine (C=N–C) groups is 1. The molecule has 0 aromatic heterocycles. The molecule has 0 amide bonds. The van der Waals surface area contributed by atoms with Gasteiger partial charge in [0.05, 0.1) is 42.9 Å². The van der Waals surface area contributed by atoms with Gasteiger partial charge in [-0.2, -0.15) is 17.5 Å². The van der Waals surface area contributed by atoms with Crippen molar-refractivity contribution >= 4 is 39.8 Å². The number of amidine groups is 1. The SMILES string of the molecule is CCOC(=O)C1=C(C(=O)OCC)[C@@H]2N(Cc3ccccc3)c3ccccc3[C@@]23C[C@@H](C(=O)OC)N([S+](=O)([O-])c2ccc(C(F)(F)F)cc2)C3=N1. The Bertz CT molecular complexity index is 1950. The van der Waals surface area contributed by atoms with Crippen LogP contribution >= 0.6 is 0 Å². The van der Waals surface area contributed by atoms with E-state index in [0.717, 1.165) is 24.8 Å². The molecular formula is C35H32F3N3O8S. The highest BCUT2D eigenvalue weighted by molar-refractivity contribution is 7.96. The molecule has 1 fully saturated rings. The van der Waals surface area contributed by atoms with E-state index in [4.69, 9.17) is 14.2 Å². The van der Waals surface area contributed by atoms with Crippen molar-refractivity contribution < 1.29 is 50.5 Å². The van der Waals surface area contributed by atoms with E-state index in [1.165, 1.54) is 0 Å². The fraction of sp³-hybridized carbons (Fsp3) is 0.314. The summed E-state index contributed by atoms with van der Waals surface area (Å²) in [6.45, 7) is 3.11. The summed E-state index contributed by atoms with van der Waals surface area (Å²) in [5.41, 5.74) is -1.51. The number of para-hydroxylation sites is 1. The summed E-state index contributed by atoms with van der Waals surface area (Å²) in [7, 11) is -3.81. The van der Waals surface area contributed by atoms with Crippen molar-refractivity contribution in [2.24, 2.45) is 4.99 Å². The molecule has 50 heavy (non-hydrogen) atoms. The lowest BCUT2D eigenvalue weighted by Gasteiger charge is -2.41. The molecule has 15 heteroatoms. The Kier molecular flexibility index (Phi) is 9.07. The average molecular weight is 712 g/mol. The fourth-order valence-electron chi connectivity index (χ4n) is 7.04. The van der Waals surface area contributed by atoms with Gasteiger partial charge in [0.2, 0.25) is 0 Å². The molecule has 3 aromatic carbocycles. The molecule has 3 aromatic rings. The largest absolute Gasteiger partial charge is 0.588 e. The first-order valence-corrected chi connectivity index (χ1v) is 17.1. The van der Waals surface area contributed by atoms with E-state index in [1.54, 1.807) is 38.1 Å². The molecule has 1 unspecified atom stereocenters. The summed E-state index contributed by atoms with van der Waals surface area (Å²) >= 11 is 0. The van der Waals surface area contributed by atoms with E-state index < -0.39 is 68.1 Å². The second-order valence-electron chi connectivity index (χ2n) is 11.7. The number of hydrogen-bond donors (Lipinski definition) is 0. The molecule has 3 aliphatic rings. The van der Waals surface area contributed by atoms with Crippen LogP contribution in [0.3, 0.4) is 0 Å². The highest BCUT2D eigenvalue weighted by Crippen LogP contribution is 2.59. The van der Waals surface area contributed by atoms with Crippen LogP contribution in [0.15, 0.2) is 100 Å². The van der Waals surface area contributed by atoms with Crippen LogP contribution in [0.2, 0.25) is 0 Å². The van der Waals surface area contributed by atoms with Gasteiger partial charge in [-0.25, -0.2) is 19.4 Å². The summed E-state index contributed by atoms with van der Waals surface area (Å²) < 4.78 is 86.1. The highest BCUT2D eigenvalue weighted by atomic mass is 32.3. The van der Waals surface area contributed by atoms with Crippen molar-refractivity contribution in [3.8, 4) is 0 Å². The number of sulfonamides is 1. The molecule has 1 spiro atoms. The Morgan fingerprint density at radius 2 is 1.56 bits per heavy atom. The number of hydrogen-bond acceptors (Lipinski definition) is 10. The number of halogens is 3. The van der Waals surface area contributed by atoms with Crippen LogP contribution in [0.5, 0.6) is 0 Å². The Morgan fingerprint density at radius 3 is 2.18 bits per heavy atom. The Morgan fingerprint density at radius 1 is 0.940 bits per heavy atom. The standard InChI is InChI=1S/C35H32F3N3O8S/c1-4-48-31(43)27-28(32(44)49-5-2)39-33-34(24-13-9-10-14-25(24)40(29(27)34)20-21-11-7-6-8-12-21)19-26(30(42)47-3)41(33)50(45,46)23-17-15-22(16-18-23)35(36,37)38/h6-18,26,29H,4-5,19-20H2,1-3H3/t26-,29-,34-/m0/s1. The minimum atomic E-state index is -4.88. The van der Waals surface area contributed by atoms with Gasteiger partial charge in [0.25, 0.3) is 0 Å². The lowest BCUT2D eigenvalue weighted by molar-refractivity contribution is -0.144. The van der Waals surface area contributed by atoms with Crippen molar-refractivity contribution in [2.45, 2.75) is 55.4 Å². The smallest absolute Gasteiger partial charge is 0.416 e. The Balaban J connectivity index is 1.67. The van der Waals surface area contributed by atoms with E-state index in [0.29, 0.717) is 27.7 Å². The molecule has 3 heterocycles. The monoisotopic (exact) mass is 711 g/mol. The number of rotatable bonds is 9. The average Bonchev–Trinajstić information content (AvgIpc) is 3.59. The Labute approximate surface area is 286 Å². The number of carbonyl (C=O) groups excluding carboxylic acids is 3.